The van der Waals surface area contributed by atoms with Crippen LogP contribution in [0.2, 0.25) is 0 Å². The van der Waals surface area contributed by atoms with Crippen molar-refractivity contribution in [3.8, 4) is 5.75 Å². The molecule has 0 radical (unpaired) electrons. The molecule has 4 rings (SSSR count). The van der Waals surface area contributed by atoms with E-state index in [-0.39, 0.29) is 12.1 Å². The summed E-state index contributed by atoms with van der Waals surface area (Å²) in [7, 11) is 0. The second-order valence-corrected chi connectivity index (χ2v) is 7.71. The van der Waals surface area contributed by atoms with Gasteiger partial charge in [-0.3, -0.25) is 14.4 Å². The molecular formula is C22H18F3N3O6. The molecule has 2 aromatic carbocycles. The number of carboxylic acid groups (broad SMARTS) is 1. The highest BCUT2D eigenvalue weighted by atomic mass is 19.4. The molecule has 0 aliphatic carbocycles. The highest BCUT2D eigenvalue weighted by Gasteiger charge is 2.61. The first kappa shape index (κ1) is 23.1. The molecule has 0 bridgehead atoms. The van der Waals surface area contributed by atoms with Gasteiger partial charge in [0.25, 0.3) is 11.8 Å². The molecule has 2 saturated heterocycles. The Bertz CT molecular complexity index is 1140. The molecule has 12 heteroatoms. The number of benzene rings is 2. The van der Waals surface area contributed by atoms with Crippen LogP contribution in [0.4, 0.5) is 13.2 Å². The molecule has 2 unspecified atom stereocenters. The predicted octanol–water partition coefficient (Wildman–Crippen LogP) is 1.35. The molecule has 0 spiro atoms. The first-order valence-electron chi connectivity index (χ1n) is 10.1. The van der Waals surface area contributed by atoms with E-state index in [4.69, 9.17) is 4.74 Å². The number of hydrogen-bond donors (Lipinski definition) is 2. The zero-order valence-corrected chi connectivity index (χ0v) is 17.4. The second-order valence-electron chi connectivity index (χ2n) is 7.71. The van der Waals surface area contributed by atoms with Crippen LogP contribution < -0.4 is 10.1 Å². The van der Waals surface area contributed by atoms with E-state index in [9.17, 15) is 37.5 Å². The Hall–Kier alpha value is -4.09. The molecule has 2 aliphatic heterocycles. The Morgan fingerprint density at radius 3 is 2.44 bits per heavy atom. The van der Waals surface area contributed by atoms with Crippen molar-refractivity contribution in [2.75, 3.05) is 13.2 Å². The summed E-state index contributed by atoms with van der Waals surface area (Å²) in [5.74, 6) is -3.41. The summed E-state index contributed by atoms with van der Waals surface area (Å²) in [6.45, 7) is -0.669. The van der Waals surface area contributed by atoms with E-state index in [1.54, 1.807) is 30.3 Å². The van der Waals surface area contributed by atoms with E-state index in [2.05, 4.69) is 5.32 Å². The molecule has 2 aromatic rings. The number of carbonyl (C=O) groups excluding carboxylic acids is 3. The van der Waals surface area contributed by atoms with E-state index in [0.29, 0.717) is 11.8 Å². The molecule has 2 heterocycles. The largest absolute Gasteiger partial charge is 0.484 e. The van der Waals surface area contributed by atoms with Crippen LogP contribution in [0.15, 0.2) is 54.6 Å². The quantitative estimate of drug-likeness (QED) is 0.607. The monoisotopic (exact) mass is 477 g/mol. The van der Waals surface area contributed by atoms with Crippen LogP contribution in [0, 0.1) is 0 Å². The van der Waals surface area contributed by atoms with Gasteiger partial charge in [-0.05, 0) is 30.3 Å². The SMILES string of the molecule is O=C(COc1ccccc1)N[C@H]1C(=O)N2C1CN(C(=O)c1cccc(C(F)(F)F)c1)C2C(=O)O. The van der Waals surface area contributed by atoms with Crippen LogP contribution in [0.3, 0.4) is 0 Å². The summed E-state index contributed by atoms with van der Waals surface area (Å²) in [4.78, 5) is 51.3. The third-order valence-corrected chi connectivity index (χ3v) is 5.55. The average Bonchev–Trinajstić information content (AvgIpc) is 3.17. The van der Waals surface area contributed by atoms with E-state index in [1.165, 1.54) is 0 Å². The minimum Gasteiger partial charge on any atom is -0.484 e. The van der Waals surface area contributed by atoms with Crippen LogP contribution >= 0.6 is 0 Å². The van der Waals surface area contributed by atoms with Crippen LogP contribution in [0.5, 0.6) is 5.75 Å². The van der Waals surface area contributed by atoms with Gasteiger partial charge in [-0.2, -0.15) is 13.2 Å². The number of alkyl halides is 3. The number of nitrogens with zero attached hydrogens (tertiary/aromatic N) is 2. The summed E-state index contributed by atoms with van der Waals surface area (Å²) >= 11 is 0. The number of aliphatic carboxylic acids is 1. The number of fused-ring (bicyclic) bond motifs is 1. The summed E-state index contributed by atoms with van der Waals surface area (Å²) in [5.41, 5.74) is -1.43. The number of para-hydroxylation sites is 1. The minimum absolute atomic E-state index is 0.276. The first-order valence-corrected chi connectivity index (χ1v) is 10.1. The zero-order valence-electron chi connectivity index (χ0n) is 17.4. The van der Waals surface area contributed by atoms with Crippen LogP contribution in [-0.4, -0.2) is 70.0 Å². The molecule has 9 nitrogen and oxygen atoms in total. The fourth-order valence-corrected chi connectivity index (χ4v) is 3.99. The van der Waals surface area contributed by atoms with Gasteiger partial charge in [0.15, 0.2) is 6.61 Å². The highest BCUT2D eigenvalue weighted by Crippen LogP contribution is 2.35. The van der Waals surface area contributed by atoms with Crippen LogP contribution in [-0.2, 0) is 20.6 Å². The predicted molar refractivity (Wildman–Crippen MR) is 108 cm³/mol. The van der Waals surface area contributed by atoms with E-state index < -0.39 is 60.3 Å². The van der Waals surface area contributed by atoms with E-state index >= 15 is 0 Å². The topological polar surface area (TPSA) is 116 Å². The minimum atomic E-state index is -4.69. The van der Waals surface area contributed by atoms with E-state index in [0.717, 1.165) is 28.0 Å². The molecule has 0 saturated carbocycles. The molecule has 178 valence electrons. The zero-order chi connectivity index (χ0) is 24.6. The Morgan fingerprint density at radius 1 is 1.09 bits per heavy atom. The van der Waals surface area contributed by atoms with Gasteiger partial charge in [0.05, 0.1) is 11.6 Å². The summed E-state index contributed by atoms with van der Waals surface area (Å²) in [5, 5.41) is 12.1. The van der Waals surface area contributed by atoms with Crippen molar-refractivity contribution >= 4 is 23.7 Å². The standard InChI is InChI=1S/C22H18F3N3O6/c23-22(24,25)13-6-4-5-12(9-13)19(30)27-10-15-17(20(31)28(15)18(27)21(32)33)26-16(29)11-34-14-7-2-1-3-8-14/h1-9,15,17-18H,10-11H2,(H,26,29)(H,32,33)/t15?,17-,18?/m1/s1. The molecule has 34 heavy (non-hydrogen) atoms. The Morgan fingerprint density at radius 2 is 1.79 bits per heavy atom. The first-order chi connectivity index (χ1) is 16.1. The number of halogens is 3. The smallest absolute Gasteiger partial charge is 0.416 e. The van der Waals surface area contributed by atoms with Crippen LogP contribution in [0.25, 0.3) is 0 Å². The highest BCUT2D eigenvalue weighted by molar-refractivity contribution is 6.02. The molecule has 2 N–H and O–H groups in total. The molecular weight excluding hydrogens is 459 g/mol. The number of carboxylic acids is 1. The lowest BCUT2D eigenvalue weighted by atomic mass is 9.96. The molecule has 0 aromatic heterocycles. The van der Waals surface area contributed by atoms with Gasteiger partial charge in [-0.1, -0.05) is 24.3 Å². The lowest BCUT2D eigenvalue weighted by Gasteiger charge is -2.43. The fraction of sp³-hybridized carbons (Fsp3) is 0.273. The van der Waals surface area contributed by atoms with Gasteiger partial charge in [0.1, 0.15) is 11.8 Å². The number of carbonyl (C=O) groups is 4. The van der Waals surface area contributed by atoms with Crippen molar-refractivity contribution in [1.29, 1.82) is 0 Å². The summed E-state index contributed by atoms with van der Waals surface area (Å²) < 4.78 is 44.4. The maximum Gasteiger partial charge on any atom is 0.416 e. The molecule has 3 atom stereocenters. The maximum atomic E-state index is 13.0. The number of hydrogen-bond acceptors (Lipinski definition) is 5. The summed E-state index contributed by atoms with van der Waals surface area (Å²) in [6.07, 6.45) is -6.39. The van der Waals surface area contributed by atoms with Gasteiger partial charge < -0.3 is 25.0 Å². The van der Waals surface area contributed by atoms with Gasteiger partial charge in [-0.15, -0.1) is 0 Å². The molecule has 2 fully saturated rings. The third-order valence-electron chi connectivity index (χ3n) is 5.55. The molecule has 3 amide bonds. The normalized spacial score (nSPS) is 21.5. The lowest BCUT2D eigenvalue weighted by Crippen LogP contribution is -2.71. The number of nitrogens with one attached hydrogen (secondary N) is 1. The van der Waals surface area contributed by atoms with Crippen molar-refractivity contribution in [2.45, 2.75) is 24.4 Å². The Kier molecular flexibility index (Phi) is 5.90. The van der Waals surface area contributed by atoms with Crippen molar-refractivity contribution in [2.24, 2.45) is 0 Å². The third kappa shape index (κ3) is 4.26. The van der Waals surface area contributed by atoms with Crippen molar-refractivity contribution in [1.82, 2.24) is 15.1 Å². The Labute approximate surface area is 190 Å². The van der Waals surface area contributed by atoms with Crippen molar-refractivity contribution in [3.63, 3.8) is 0 Å². The second kappa shape index (κ2) is 8.69. The number of ether oxygens (including phenoxy) is 1. The van der Waals surface area contributed by atoms with Gasteiger partial charge in [0, 0.05) is 12.1 Å². The maximum absolute atomic E-state index is 13.0. The lowest BCUT2D eigenvalue weighted by molar-refractivity contribution is -0.163. The van der Waals surface area contributed by atoms with Crippen molar-refractivity contribution < 1.29 is 42.2 Å². The fourth-order valence-electron chi connectivity index (χ4n) is 3.99. The van der Waals surface area contributed by atoms with Gasteiger partial charge in [-0.25, -0.2) is 4.79 Å². The number of amides is 3. The average molecular weight is 477 g/mol. The van der Waals surface area contributed by atoms with Crippen molar-refractivity contribution in [3.05, 3.63) is 65.7 Å². The van der Waals surface area contributed by atoms with Gasteiger partial charge in [0.2, 0.25) is 12.1 Å². The number of rotatable bonds is 6. The summed E-state index contributed by atoms with van der Waals surface area (Å²) in [6, 6.07) is 10.1. The Balaban J connectivity index is 1.47. The molecule has 2 aliphatic rings. The van der Waals surface area contributed by atoms with E-state index in [1.807, 2.05) is 0 Å². The van der Waals surface area contributed by atoms with Gasteiger partial charge >= 0.3 is 12.1 Å². The number of β-lactam (4-membered cyclic amide) rings is 1. The van der Waals surface area contributed by atoms with Crippen LogP contribution in [0.1, 0.15) is 15.9 Å².